The maximum atomic E-state index is 14.9. The van der Waals surface area contributed by atoms with Crippen molar-refractivity contribution in [2.45, 2.75) is 132 Å². The fourth-order valence-corrected chi connectivity index (χ4v) is 10.2. The molecule has 0 spiro atoms. The molecule has 0 aliphatic carbocycles. The van der Waals surface area contributed by atoms with E-state index in [1.165, 1.54) is 64.4 Å². The molecule has 0 heterocycles. The van der Waals surface area contributed by atoms with Crippen LogP contribution in [-0.2, 0) is 9.22 Å². The van der Waals surface area contributed by atoms with Gasteiger partial charge in [-0.25, -0.2) is 5.48 Å². The van der Waals surface area contributed by atoms with Gasteiger partial charge in [0, 0.05) is 12.0 Å². The van der Waals surface area contributed by atoms with Crippen LogP contribution in [0.4, 0.5) is 74.6 Å². The molecular formula is C33H42F17NO5Si. The van der Waals surface area contributed by atoms with Crippen LogP contribution in [0, 0.1) is 5.92 Å². The molecule has 0 bridgehead atoms. The van der Waals surface area contributed by atoms with Gasteiger partial charge in [-0.3, -0.25) is 10.0 Å². The summed E-state index contributed by atoms with van der Waals surface area (Å²) >= 11 is 0. The highest BCUT2D eigenvalue weighted by Gasteiger charge is 2.95. The van der Waals surface area contributed by atoms with Crippen molar-refractivity contribution in [2.75, 3.05) is 13.2 Å². The van der Waals surface area contributed by atoms with Gasteiger partial charge < -0.3 is 14.3 Å². The quantitative estimate of drug-likeness (QED) is 0.0270. The van der Waals surface area contributed by atoms with Gasteiger partial charge in [-0.2, -0.15) is 74.6 Å². The van der Waals surface area contributed by atoms with Gasteiger partial charge >= 0.3 is 47.6 Å². The predicted molar refractivity (Wildman–Crippen MR) is 171 cm³/mol. The number of carbonyl (C=O) groups is 1. The molecule has 1 aromatic rings. The molecule has 0 fully saturated rings. The summed E-state index contributed by atoms with van der Waals surface area (Å²) in [6.07, 6.45) is -8.96. The van der Waals surface area contributed by atoms with Crippen molar-refractivity contribution >= 4 is 14.2 Å². The molecule has 0 radical (unpaired) electrons. The van der Waals surface area contributed by atoms with Crippen LogP contribution in [0.2, 0.25) is 17.1 Å². The molecule has 0 unspecified atom stereocenters. The van der Waals surface area contributed by atoms with E-state index >= 15 is 0 Å². The lowest BCUT2D eigenvalue weighted by molar-refractivity contribution is -0.461. The van der Waals surface area contributed by atoms with E-state index in [2.05, 4.69) is 0 Å². The molecule has 0 aromatic heterocycles. The Balaban J connectivity index is 3.16. The SMILES string of the molecule is C/C(=C\CC[C@@H](C)[C@H](O)c1ccc(OCCO[Si](CCC(F)(F)C(F)(F)C(F)(F)C(F)(F)C(F)(F)C(F)(F)C(F)(F)C(F)(F)F)(C(C)C)C(C)C)cc1)C(=O)NO. The number of hydrogen-bond donors (Lipinski definition) is 3. The molecule has 332 valence electrons. The maximum Gasteiger partial charge on any atom is 0.460 e. The zero-order valence-electron chi connectivity index (χ0n) is 31.0. The molecule has 0 aliphatic heterocycles. The minimum absolute atomic E-state index is 0.168. The van der Waals surface area contributed by atoms with E-state index in [1.54, 1.807) is 13.0 Å². The van der Waals surface area contributed by atoms with Crippen molar-refractivity contribution in [3.63, 3.8) is 0 Å². The topological polar surface area (TPSA) is 88.0 Å². The molecule has 1 amide bonds. The lowest BCUT2D eigenvalue weighted by Gasteiger charge is -2.44. The summed E-state index contributed by atoms with van der Waals surface area (Å²) in [6, 6.07) is 4.50. The van der Waals surface area contributed by atoms with Crippen molar-refractivity contribution in [2.24, 2.45) is 5.92 Å². The number of benzene rings is 1. The number of alkyl halides is 17. The van der Waals surface area contributed by atoms with E-state index in [1.807, 2.05) is 0 Å². The second-order valence-electron chi connectivity index (χ2n) is 14.0. The van der Waals surface area contributed by atoms with E-state index in [9.17, 15) is 84.5 Å². The molecular weight excluding hydrogens is 841 g/mol. The highest BCUT2D eigenvalue weighted by molar-refractivity contribution is 6.76. The maximum absolute atomic E-state index is 14.9. The number of hydroxylamine groups is 1. The fraction of sp³-hybridized carbons (Fsp3) is 0.727. The third-order valence-corrected chi connectivity index (χ3v) is 15.3. The van der Waals surface area contributed by atoms with Gasteiger partial charge in [-0.05, 0) is 60.5 Å². The zero-order valence-corrected chi connectivity index (χ0v) is 32.0. The Labute approximate surface area is 316 Å². The first-order valence-corrected chi connectivity index (χ1v) is 19.1. The van der Waals surface area contributed by atoms with Crippen molar-refractivity contribution in [3.05, 3.63) is 41.5 Å². The van der Waals surface area contributed by atoms with Crippen molar-refractivity contribution in [1.82, 2.24) is 5.48 Å². The number of hydrogen-bond acceptors (Lipinski definition) is 5. The number of aliphatic hydroxyl groups is 1. The number of nitrogens with one attached hydrogen (secondary N) is 1. The Morgan fingerprint density at radius 1 is 0.719 bits per heavy atom. The number of amides is 1. The minimum Gasteiger partial charge on any atom is -0.491 e. The van der Waals surface area contributed by atoms with Crippen LogP contribution in [0.5, 0.6) is 5.75 Å². The third-order valence-electron chi connectivity index (χ3n) is 9.59. The molecule has 57 heavy (non-hydrogen) atoms. The van der Waals surface area contributed by atoms with Gasteiger partial charge in [0.1, 0.15) is 12.4 Å². The van der Waals surface area contributed by atoms with Gasteiger partial charge in [-0.1, -0.05) is 52.8 Å². The second-order valence-corrected chi connectivity index (χ2v) is 19.0. The van der Waals surface area contributed by atoms with Gasteiger partial charge in [-0.15, -0.1) is 0 Å². The molecule has 0 saturated heterocycles. The summed E-state index contributed by atoms with van der Waals surface area (Å²) in [7, 11) is -3.95. The Bertz CT molecular complexity index is 1490. The zero-order chi connectivity index (χ0) is 45.0. The van der Waals surface area contributed by atoms with Crippen LogP contribution in [0.15, 0.2) is 35.9 Å². The number of carbonyl (C=O) groups excluding carboxylic acids is 1. The molecule has 2 atom stereocenters. The van der Waals surface area contributed by atoms with Crippen molar-refractivity contribution in [3.8, 4) is 5.75 Å². The summed E-state index contributed by atoms with van der Waals surface area (Å²) in [4.78, 5) is 11.4. The second kappa shape index (κ2) is 18.2. The molecule has 24 heteroatoms. The van der Waals surface area contributed by atoms with Crippen molar-refractivity contribution < 1.29 is 98.9 Å². The molecule has 0 saturated carbocycles. The van der Waals surface area contributed by atoms with Crippen LogP contribution < -0.4 is 10.2 Å². The van der Waals surface area contributed by atoms with E-state index in [4.69, 9.17) is 14.4 Å². The Morgan fingerprint density at radius 2 is 1.16 bits per heavy atom. The summed E-state index contributed by atoms with van der Waals surface area (Å²) in [5.41, 5.74) is 0.470. The van der Waals surface area contributed by atoms with Crippen LogP contribution in [0.3, 0.4) is 0 Å². The average Bonchev–Trinajstić information content (AvgIpc) is 3.09. The van der Waals surface area contributed by atoms with E-state index in [0.717, 1.165) is 0 Å². The van der Waals surface area contributed by atoms with Crippen LogP contribution in [0.25, 0.3) is 0 Å². The number of ether oxygens (including phenoxy) is 1. The van der Waals surface area contributed by atoms with Gasteiger partial charge in [0.25, 0.3) is 5.91 Å². The van der Waals surface area contributed by atoms with Crippen LogP contribution >= 0.6 is 0 Å². The Morgan fingerprint density at radius 3 is 1.58 bits per heavy atom. The highest BCUT2D eigenvalue weighted by atomic mass is 28.4. The normalized spacial score (nSPS) is 15.9. The smallest absolute Gasteiger partial charge is 0.460 e. The first-order valence-electron chi connectivity index (χ1n) is 16.9. The third kappa shape index (κ3) is 10.1. The van der Waals surface area contributed by atoms with Gasteiger partial charge in [0.15, 0.2) is 8.32 Å². The van der Waals surface area contributed by atoms with Crippen molar-refractivity contribution in [1.29, 1.82) is 0 Å². The summed E-state index contributed by atoms with van der Waals surface area (Å²) in [5.74, 6) is -57.5. The summed E-state index contributed by atoms with van der Waals surface area (Å²) in [6.45, 7) is 7.63. The van der Waals surface area contributed by atoms with Gasteiger partial charge in [0.05, 0.1) is 12.7 Å². The number of halogens is 17. The summed E-state index contributed by atoms with van der Waals surface area (Å²) < 4.78 is 245. The van der Waals surface area contributed by atoms with Gasteiger partial charge in [0.2, 0.25) is 0 Å². The molecule has 1 aromatic carbocycles. The molecule has 1 rings (SSSR count). The summed E-state index contributed by atoms with van der Waals surface area (Å²) in [5, 5.41) is 19.3. The minimum atomic E-state index is -8.68. The predicted octanol–water partition coefficient (Wildman–Crippen LogP) is 11.1. The van der Waals surface area contributed by atoms with E-state index in [-0.39, 0.29) is 23.8 Å². The molecule has 3 N–H and O–H groups in total. The molecule has 6 nitrogen and oxygen atoms in total. The van der Waals surface area contributed by atoms with E-state index < -0.39 is 98.1 Å². The average molecular weight is 884 g/mol. The highest BCUT2D eigenvalue weighted by Crippen LogP contribution is 2.64. The lowest BCUT2D eigenvalue weighted by atomic mass is 9.88. The Hall–Kier alpha value is -2.86. The standard InChI is InChI=1S/C33H42F17NO5Si/c1-18(2)57(19(3)4,56-16-15-55-23-12-10-22(11-13-23)24(52)20(5)8-7-9-21(6)25(53)51-54)17-14-26(34,35)27(36,37)28(38,39)29(40,41)30(42,43)31(44,45)32(46,47)33(48,49)50/h9-13,18-20,24,52,54H,7-8,14-17H2,1-6H3,(H,51,53)/b21-9+/t20-,24+/m1/s1. The number of allylic oxidation sites excluding steroid dienone is 1. The fourth-order valence-electron chi connectivity index (χ4n) is 5.74. The monoisotopic (exact) mass is 883 g/mol. The van der Waals surface area contributed by atoms with E-state index in [0.29, 0.717) is 18.4 Å². The number of rotatable bonds is 22. The molecule has 0 aliphatic rings. The number of aliphatic hydroxyl groups excluding tert-OH is 1. The first kappa shape index (κ1) is 52.2. The van der Waals surface area contributed by atoms with Crippen LogP contribution in [-0.4, -0.2) is 85.4 Å². The Kier molecular flexibility index (Phi) is 16.6. The lowest BCUT2D eigenvalue weighted by Crippen LogP contribution is -2.74. The van der Waals surface area contributed by atoms with Crippen LogP contribution in [0.1, 0.15) is 72.5 Å². The first-order chi connectivity index (χ1) is 25.5. The largest absolute Gasteiger partial charge is 0.491 e.